The van der Waals surface area contributed by atoms with Crippen LogP contribution in [0.4, 0.5) is 0 Å². The van der Waals surface area contributed by atoms with Gasteiger partial charge in [0.15, 0.2) is 0 Å². The molecule has 1 heterocycles. The molecule has 2 rings (SSSR count). The van der Waals surface area contributed by atoms with Gasteiger partial charge in [-0.3, -0.25) is 4.99 Å². The zero-order chi connectivity index (χ0) is 15.5. The van der Waals surface area contributed by atoms with Crippen molar-refractivity contribution in [2.45, 2.75) is 32.2 Å². The van der Waals surface area contributed by atoms with E-state index in [-0.39, 0.29) is 35.3 Å². The zero-order valence-electron chi connectivity index (χ0n) is 13.1. The van der Waals surface area contributed by atoms with E-state index in [1.807, 2.05) is 0 Å². The van der Waals surface area contributed by atoms with E-state index in [2.05, 4.69) is 11.9 Å². The predicted molar refractivity (Wildman–Crippen MR) is 80.9 cm³/mol. The summed E-state index contributed by atoms with van der Waals surface area (Å²) < 4.78 is 5.51. The third-order valence-corrected chi connectivity index (χ3v) is 4.54. The first-order valence-corrected chi connectivity index (χ1v) is 7.85. The molecular formula is C15H18NNaO4S. The average molecular weight is 331 g/mol. The maximum atomic E-state index is 11.1. The third kappa shape index (κ3) is 4.41. The predicted octanol–water partition coefficient (Wildman–Crippen LogP) is -1.42. The number of nitrogens with zero attached hydrogens (tertiary/aromatic N) is 1. The number of ether oxygens (including phenoxy) is 1. The van der Waals surface area contributed by atoms with Crippen molar-refractivity contribution in [1.82, 2.24) is 0 Å². The van der Waals surface area contributed by atoms with Crippen LogP contribution in [0.5, 0.6) is 11.5 Å². The van der Waals surface area contributed by atoms with Crippen molar-refractivity contribution >= 4 is 22.8 Å². The number of carboxylic acid groups (broad SMARTS) is 1. The Labute approximate surface area is 156 Å². The molecule has 5 nitrogen and oxygen atoms in total. The third-order valence-electron chi connectivity index (χ3n) is 3.24. The normalized spacial score (nSPS) is 20.2. The van der Waals surface area contributed by atoms with E-state index in [0.717, 1.165) is 12.8 Å². The molecule has 1 aliphatic heterocycles. The molecule has 114 valence electrons. The first-order valence-electron chi connectivity index (χ1n) is 6.86. The molecule has 7 heteroatoms. The monoisotopic (exact) mass is 331 g/mol. The summed E-state index contributed by atoms with van der Waals surface area (Å²) in [5, 5.41) is 21.7. The number of aliphatic imine (C=N–C) groups is 1. The quantitative estimate of drug-likeness (QED) is 0.511. The van der Waals surface area contributed by atoms with Crippen molar-refractivity contribution in [3.63, 3.8) is 0 Å². The Morgan fingerprint density at radius 1 is 1.55 bits per heavy atom. The first kappa shape index (κ1) is 19.4. The number of aromatic hydroxyl groups is 1. The maximum Gasteiger partial charge on any atom is 1.00 e. The Balaban J connectivity index is 0.00000242. The number of carbonyl (C=O) groups is 1. The summed E-state index contributed by atoms with van der Waals surface area (Å²) in [4.78, 5) is 15.2. The van der Waals surface area contributed by atoms with Crippen molar-refractivity contribution in [1.29, 1.82) is 0 Å². The Hall–Kier alpha value is -0.690. The Bertz CT molecular complexity index is 579. The number of carbonyl (C=O) groups excluding carboxylic acids is 1. The maximum absolute atomic E-state index is 11.1. The summed E-state index contributed by atoms with van der Waals surface area (Å²) >= 11 is 1.30. The minimum atomic E-state index is -1.23. The van der Waals surface area contributed by atoms with E-state index in [1.54, 1.807) is 12.1 Å². The molecule has 0 spiro atoms. The van der Waals surface area contributed by atoms with Gasteiger partial charge in [0.25, 0.3) is 0 Å². The topological polar surface area (TPSA) is 82.0 Å². The summed E-state index contributed by atoms with van der Waals surface area (Å²) in [5.74, 6) is -0.267. The smallest absolute Gasteiger partial charge is 0.547 e. The molecule has 0 radical (unpaired) electrons. The van der Waals surface area contributed by atoms with E-state index in [4.69, 9.17) is 4.74 Å². The number of rotatable bonds is 6. The molecule has 0 aliphatic carbocycles. The van der Waals surface area contributed by atoms with Crippen LogP contribution in [0.3, 0.4) is 0 Å². The molecule has 0 unspecified atom stereocenters. The zero-order valence-corrected chi connectivity index (χ0v) is 15.9. The minimum absolute atomic E-state index is 0. The van der Waals surface area contributed by atoms with Gasteiger partial charge in [-0.25, -0.2) is 0 Å². The van der Waals surface area contributed by atoms with Crippen LogP contribution in [-0.4, -0.2) is 34.0 Å². The molecule has 0 saturated heterocycles. The van der Waals surface area contributed by atoms with Crippen molar-refractivity contribution in [2.24, 2.45) is 4.99 Å². The molecule has 0 bridgehead atoms. The molecule has 22 heavy (non-hydrogen) atoms. The van der Waals surface area contributed by atoms with Crippen molar-refractivity contribution in [2.75, 3.05) is 12.4 Å². The van der Waals surface area contributed by atoms with E-state index in [1.165, 1.54) is 24.8 Å². The van der Waals surface area contributed by atoms with Crippen LogP contribution in [0, 0.1) is 0 Å². The van der Waals surface area contributed by atoms with Crippen LogP contribution < -0.4 is 39.4 Å². The van der Waals surface area contributed by atoms with Gasteiger partial charge >= 0.3 is 29.6 Å². The molecular weight excluding hydrogens is 313 g/mol. The van der Waals surface area contributed by atoms with Crippen LogP contribution in [0.25, 0.3) is 0 Å². The molecule has 1 atom stereocenters. The molecule has 1 N–H and O–H groups in total. The number of unbranched alkanes of at least 4 members (excludes halogenated alkanes) is 1. The van der Waals surface area contributed by atoms with Gasteiger partial charge in [-0.05, 0) is 25.5 Å². The van der Waals surface area contributed by atoms with Gasteiger partial charge in [0.1, 0.15) is 22.1 Å². The Morgan fingerprint density at radius 2 is 2.27 bits per heavy atom. The van der Waals surface area contributed by atoms with E-state index < -0.39 is 11.5 Å². The number of aliphatic carboxylic acids is 1. The second-order valence-electron chi connectivity index (χ2n) is 5.15. The van der Waals surface area contributed by atoms with Crippen LogP contribution in [0.15, 0.2) is 23.2 Å². The standard InChI is InChI=1S/C15H19NO4S.Na/c1-3-4-7-20-10-5-6-11(12(17)8-10)13-16-15(2,9-21-13)14(18)19;/h5-6,8,17H,3-4,7,9H2,1-2H3,(H,18,19);/q;+1/p-1/t15-;/m1./s1. The minimum Gasteiger partial charge on any atom is -0.547 e. The van der Waals surface area contributed by atoms with Crippen LogP contribution in [-0.2, 0) is 4.79 Å². The second-order valence-corrected chi connectivity index (χ2v) is 6.11. The summed E-state index contributed by atoms with van der Waals surface area (Å²) in [7, 11) is 0. The molecule has 1 aromatic rings. The Morgan fingerprint density at radius 3 is 2.82 bits per heavy atom. The van der Waals surface area contributed by atoms with Crippen LogP contribution in [0.1, 0.15) is 32.3 Å². The first-order chi connectivity index (χ1) is 9.96. The van der Waals surface area contributed by atoms with E-state index >= 15 is 0 Å². The van der Waals surface area contributed by atoms with Gasteiger partial charge in [-0.2, -0.15) is 0 Å². The Kier molecular flexibility index (Phi) is 7.25. The summed E-state index contributed by atoms with van der Waals surface area (Å²) in [5.41, 5.74) is -0.712. The summed E-state index contributed by atoms with van der Waals surface area (Å²) in [6.07, 6.45) is 1.99. The second kappa shape index (κ2) is 8.24. The number of thioether (sulfide) groups is 1. The van der Waals surface area contributed by atoms with Gasteiger partial charge in [0, 0.05) is 17.4 Å². The van der Waals surface area contributed by atoms with Gasteiger partial charge in [0.05, 0.1) is 12.6 Å². The van der Waals surface area contributed by atoms with Gasteiger partial charge in [0.2, 0.25) is 0 Å². The van der Waals surface area contributed by atoms with Crippen molar-refractivity contribution in [3.05, 3.63) is 23.8 Å². The van der Waals surface area contributed by atoms with Crippen molar-refractivity contribution < 1.29 is 49.3 Å². The molecule has 0 aromatic heterocycles. The molecule has 0 amide bonds. The number of phenols is 1. The van der Waals surface area contributed by atoms with Gasteiger partial charge in [-0.15, -0.1) is 11.8 Å². The van der Waals surface area contributed by atoms with E-state index in [0.29, 0.717) is 28.7 Å². The van der Waals surface area contributed by atoms with Gasteiger partial charge < -0.3 is 19.7 Å². The van der Waals surface area contributed by atoms with Crippen LogP contribution in [0.2, 0.25) is 0 Å². The fourth-order valence-corrected chi connectivity index (χ4v) is 3.05. The number of phenolic OH excluding ortho intramolecular Hbond substituents is 1. The average Bonchev–Trinajstić information content (AvgIpc) is 2.83. The number of carboxylic acids is 1. The summed E-state index contributed by atoms with van der Waals surface area (Å²) in [6.45, 7) is 4.20. The van der Waals surface area contributed by atoms with Crippen LogP contribution >= 0.6 is 11.8 Å². The molecule has 0 saturated carbocycles. The summed E-state index contributed by atoms with van der Waals surface area (Å²) in [6, 6.07) is 4.98. The van der Waals surface area contributed by atoms with E-state index in [9.17, 15) is 15.0 Å². The number of hydrogen-bond acceptors (Lipinski definition) is 6. The molecule has 1 aliphatic rings. The fraction of sp³-hybridized carbons (Fsp3) is 0.467. The largest absolute Gasteiger partial charge is 1.00 e. The number of benzene rings is 1. The number of hydrogen-bond donors (Lipinski definition) is 1. The van der Waals surface area contributed by atoms with Crippen molar-refractivity contribution in [3.8, 4) is 11.5 Å². The SMILES string of the molecule is CCCCOc1ccc(C2=N[C@@](C)(C(=O)[O-])CS2)c(O)c1.[Na+]. The molecule has 1 aromatic carbocycles. The molecule has 0 fully saturated rings. The fourth-order valence-electron chi connectivity index (χ4n) is 1.86. The van der Waals surface area contributed by atoms with Gasteiger partial charge in [-0.1, -0.05) is 13.3 Å².